The van der Waals surface area contributed by atoms with Gasteiger partial charge in [-0.1, -0.05) is 70.2 Å². The van der Waals surface area contributed by atoms with E-state index in [1.54, 1.807) is 39.1 Å². The number of aromatic hydroxyl groups is 1. The number of likely N-dealkylation sites (N-methyl/N-ethyl adjacent to an activating group) is 2. The van der Waals surface area contributed by atoms with Crippen molar-refractivity contribution in [3.05, 3.63) is 102 Å². The summed E-state index contributed by atoms with van der Waals surface area (Å²) in [7, 11) is 11.0. The van der Waals surface area contributed by atoms with Crippen LogP contribution in [0.4, 0.5) is 5.82 Å². The molecule has 4 heterocycles. The summed E-state index contributed by atoms with van der Waals surface area (Å²) >= 11 is 0. The lowest BCUT2D eigenvalue weighted by atomic mass is 9.83. The number of nitrogens with zero attached hydrogens (tertiary/aromatic N) is 7. The minimum atomic E-state index is -1.23. The number of aldehydes is 1. The molecule has 1 fully saturated rings. The van der Waals surface area contributed by atoms with Gasteiger partial charge in [0.2, 0.25) is 17.6 Å². The van der Waals surface area contributed by atoms with Crippen molar-refractivity contribution in [2.75, 3.05) is 66.9 Å². The van der Waals surface area contributed by atoms with Gasteiger partial charge >= 0.3 is 0 Å². The van der Waals surface area contributed by atoms with Crippen molar-refractivity contribution in [1.29, 1.82) is 0 Å². The number of ether oxygens (including phenoxy) is 1. The lowest BCUT2D eigenvalue weighted by Crippen LogP contribution is -2.66. The van der Waals surface area contributed by atoms with Gasteiger partial charge in [0, 0.05) is 69.2 Å². The number of imidazole rings is 1. The highest BCUT2D eigenvalue weighted by molar-refractivity contribution is 6.00. The summed E-state index contributed by atoms with van der Waals surface area (Å²) < 4.78 is 10.4. The standard InChI is InChI=1S/C56H74N10O7/c1-12-65-46-21-20-38-29-43(46)44(50(65)42-18-14-13-17-39(42)32-62(8)9)30-55(4,5)34-73-35-56(33-67)22-16-24-66(60-56)53(71)45(27-37-25-40(38)28-41(68)26-37)58-52(70)49(36(2)3)64(11)54(72)51-57-31-47(63(51)10)59-48(69)19-15-23-61(6)7/h13-15,17-21,25-26,28-29,31,33,36,45,49,60,68H,12,16,22-24,27,30,32,34-35H2,1-11H3,(H,58,70)(H,59,69)/b19-15+/t45-,49-,56-/m0/s1. The van der Waals surface area contributed by atoms with Gasteiger partial charge in [-0.05, 0) is 118 Å². The molecule has 0 aliphatic carbocycles. The van der Waals surface area contributed by atoms with Gasteiger partial charge in [-0.25, -0.2) is 10.4 Å². The van der Waals surface area contributed by atoms with Crippen LogP contribution < -0.4 is 16.1 Å². The van der Waals surface area contributed by atoms with Crippen LogP contribution in [0.5, 0.6) is 5.75 Å². The first kappa shape index (κ1) is 54.1. The molecule has 0 unspecified atom stereocenters. The Kier molecular flexibility index (Phi) is 16.8. The maximum Gasteiger partial charge on any atom is 0.290 e. The summed E-state index contributed by atoms with van der Waals surface area (Å²) in [6.07, 6.45) is 6.83. The van der Waals surface area contributed by atoms with E-state index in [0.29, 0.717) is 38.0 Å². The van der Waals surface area contributed by atoms with Gasteiger partial charge in [-0.2, -0.15) is 0 Å². The number of benzene rings is 3. The van der Waals surface area contributed by atoms with E-state index >= 15 is 0 Å². The quantitative estimate of drug-likeness (QED) is 0.0751. The van der Waals surface area contributed by atoms with Crippen molar-refractivity contribution in [3.8, 4) is 28.1 Å². The zero-order chi connectivity index (χ0) is 52.9. The Morgan fingerprint density at radius 1 is 1.00 bits per heavy atom. The molecule has 390 valence electrons. The van der Waals surface area contributed by atoms with E-state index in [9.17, 15) is 29.1 Å². The highest BCUT2D eigenvalue weighted by Gasteiger charge is 2.41. The van der Waals surface area contributed by atoms with Crippen LogP contribution in [-0.2, 0) is 56.9 Å². The van der Waals surface area contributed by atoms with Gasteiger partial charge in [0.25, 0.3) is 11.8 Å². The van der Waals surface area contributed by atoms with E-state index in [0.717, 1.165) is 52.7 Å². The van der Waals surface area contributed by atoms with E-state index in [-0.39, 0.29) is 42.9 Å². The van der Waals surface area contributed by atoms with Gasteiger partial charge < -0.3 is 49.1 Å². The number of anilines is 1. The number of carbonyl (C=O) groups is 5. The molecule has 3 aromatic carbocycles. The Labute approximate surface area is 429 Å². The smallest absolute Gasteiger partial charge is 0.290 e. The minimum absolute atomic E-state index is 0.00408. The second-order valence-corrected chi connectivity index (χ2v) is 21.4. The molecule has 3 atom stereocenters. The molecule has 1 saturated heterocycles. The van der Waals surface area contributed by atoms with Crippen LogP contribution in [0, 0.1) is 11.3 Å². The summed E-state index contributed by atoms with van der Waals surface area (Å²) in [5.74, 6) is -2.23. The predicted molar refractivity (Wildman–Crippen MR) is 285 cm³/mol. The van der Waals surface area contributed by atoms with Gasteiger partial charge in [0.15, 0.2) is 0 Å². The molecule has 0 spiro atoms. The summed E-state index contributed by atoms with van der Waals surface area (Å²) in [6, 6.07) is 17.9. The molecule has 6 bridgehead atoms. The number of carbonyl (C=O) groups excluding carboxylic acids is 5. The third-order valence-electron chi connectivity index (χ3n) is 13.8. The molecule has 4 amide bonds. The molecule has 7 rings (SSSR count). The van der Waals surface area contributed by atoms with Crippen LogP contribution in [0.15, 0.2) is 79.0 Å². The van der Waals surface area contributed by atoms with Crippen molar-refractivity contribution in [2.24, 2.45) is 18.4 Å². The lowest BCUT2D eigenvalue weighted by molar-refractivity contribution is -0.147. The molecule has 4 N–H and O–H groups in total. The molecular weight excluding hydrogens is 925 g/mol. The molecule has 0 radical (unpaired) electrons. The third-order valence-corrected chi connectivity index (χ3v) is 13.8. The van der Waals surface area contributed by atoms with E-state index < -0.39 is 46.7 Å². The van der Waals surface area contributed by atoms with Crippen molar-refractivity contribution in [1.82, 2.24) is 44.6 Å². The Hall–Kier alpha value is -6.66. The van der Waals surface area contributed by atoms with Crippen molar-refractivity contribution in [3.63, 3.8) is 0 Å². The molecular formula is C56H74N10O7. The van der Waals surface area contributed by atoms with Crippen LogP contribution in [0.3, 0.4) is 0 Å². The fourth-order valence-corrected chi connectivity index (χ4v) is 10.3. The number of phenolic OH excluding ortho intramolecular Hbond substituents is 1. The molecule has 5 aromatic rings. The van der Waals surface area contributed by atoms with E-state index in [4.69, 9.17) is 4.74 Å². The summed E-state index contributed by atoms with van der Waals surface area (Å²) in [6.45, 7) is 12.7. The van der Waals surface area contributed by atoms with Crippen molar-refractivity contribution in [2.45, 2.75) is 91.0 Å². The number of phenols is 1. The number of nitrogens with one attached hydrogen (secondary N) is 3. The number of hydrogen-bond donors (Lipinski definition) is 4. The number of rotatable bonds is 14. The van der Waals surface area contributed by atoms with Gasteiger partial charge in [0.05, 0.1) is 25.1 Å². The van der Waals surface area contributed by atoms with Gasteiger partial charge in [-0.15, -0.1) is 0 Å². The number of hydrazine groups is 1. The number of aromatic nitrogens is 3. The zero-order valence-electron chi connectivity index (χ0n) is 44.4. The van der Waals surface area contributed by atoms with Crippen LogP contribution in [-0.4, -0.2) is 148 Å². The Balaban J connectivity index is 1.28. The summed E-state index contributed by atoms with van der Waals surface area (Å²) in [5.41, 5.74) is 9.48. The van der Waals surface area contributed by atoms with E-state index in [2.05, 4.69) is 108 Å². The fraction of sp³-hybridized carbons (Fsp3) is 0.464. The third kappa shape index (κ3) is 12.2. The SMILES string of the molecule is CCn1c(-c2ccccc2CN(C)C)c2c3cc(ccc31)-c1cc(O)cc(c1)C[C@H](NC(=O)[C@H](C(C)C)N(C)C(=O)c1ncc(NC(=O)/C=C/CN(C)C)n1C)C(=O)N1CCC[C@](C=O)(COCC(C)(C)C2)N1. The van der Waals surface area contributed by atoms with Crippen LogP contribution in [0.2, 0.25) is 0 Å². The van der Waals surface area contributed by atoms with Crippen molar-refractivity contribution >= 4 is 46.6 Å². The maximum absolute atomic E-state index is 15.0. The fourth-order valence-electron chi connectivity index (χ4n) is 10.3. The van der Waals surface area contributed by atoms with Crippen molar-refractivity contribution < 1.29 is 33.8 Å². The topological polar surface area (TPSA) is 187 Å². The molecule has 73 heavy (non-hydrogen) atoms. The Morgan fingerprint density at radius 2 is 1.75 bits per heavy atom. The Morgan fingerprint density at radius 3 is 2.45 bits per heavy atom. The predicted octanol–water partition coefficient (Wildman–Crippen LogP) is 6.04. The first-order valence-corrected chi connectivity index (χ1v) is 25.2. The van der Waals surface area contributed by atoms with E-state index in [1.807, 2.05) is 25.1 Å². The maximum atomic E-state index is 15.0. The highest BCUT2D eigenvalue weighted by Crippen LogP contribution is 2.42. The first-order chi connectivity index (χ1) is 34.6. The zero-order valence-corrected chi connectivity index (χ0v) is 44.4. The average Bonchev–Trinajstić information content (AvgIpc) is 3.84. The van der Waals surface area contributed by atoms with Crippen LogP contribution in [0.1, 0.15) is 74.8 Å². The largest absolute Gasteiger partial charge is 0.508 e. The normalized spacial score (nSPS) is 18.8. The minimum Gasteiger partial charge on any atom is -0.508 e. The molecule has 2 aliphatic rings. The van der Waals surface area contributed by atoms with Crippen LogP contribution >= 0.6 is 0 Å². The molecule has 0 saturated carbocycles. The molecule has 2 aromatic heterocycles. The van der Waals surface area contributed by atoms with Crippen LogP contribution in [0.25, 0.3) is 33.3 Å². The Bertz CT molecular complexity index is 2880. The summed E-state index contributed by atoms with van der Waals surface area (Å²) in [4.78, 5) is 79.5. The number of fused-ring (bicyclic) bond motifs is 6. The number of amides is 4. The number of aryl methyl sites for hydroxylation is 1. The average molecular weight is 999 g/mol. The summed E-state index contributed by atoms with van der Waals surface area (Å²) in [5, 5.41) is 19.7. The molecule has 17 nitrogen and oxygen atoms in total. The van der Waals surface area contributed by atoms with E-state index in [1.165, 1.54) is 44.9 Å². The monoisotopic (exact) mass is 999 g/mol. The number of hydrogen-bond acceptors (Lipinski definition) is 11. The van der Waals surface area contributed by atoms with Gasteiger partial charge in [0.1, 0.15) is 35.5 Å². The lowest BCUT2D eigenvalue weighted by Gasteiger charge is -2.42. The van der Waals surface area contributed by atoms with Gasteiger partial charge in [-0.3, -0.25) is 24.2 Å². The second-order valence-electron chi connectivity index (χ2n) is 21.4. The second kappa shape index (κ2) is 22.6. The molecule has 17 heteroatoms. The highest BCUT2D eigenvalue weighted by atomic mass is 16.5. The molecule has 2 aliphatic heterocycles. The first-order valence-electron chi connectivity index (χ1n) is 25.2.